The number of rotatable bonds is 9. The molecule has 0 amide bonds. The predicted molar refractivity (Wildman–Crippen MR) is 121 cm³/mol. The van der Waals surface area contributed by atoms with Gasteiger partial charge in [0.15, 0.2) is 11.6 Å². The molecule has 2 aliphatic carbocycles. The van der Waals surface area contributed by atoms with Crippen molar-refractivity contribution in [2.75, 3.05) is 0 Å². The van der Waals surface area contributed by atoms with Crippen LogP contribution in [-0.2, 0) is 0 Å². The van der Waals surface area contributed by atoms with Gasteiger partial charge in [-0.05, 0) is 80.8 Å². The van der Waals surface area contributed by atoms with Crippen molar-refractivity contribution in [2.24, 2.45) is 17.8 Å². The van der Waals surface area contributed by atoms with Gasteiger partial charge in [-0.2, -0.15) is 4.39 Å². The van der Waals surface area contributed by atoms with Crippen LogP contribution in [0.25, 0.3) is 0 Å². The molecule has 0 N–H and O–H groups in total. The van der Waals surface area contributed by atoms with E-state index in [1.807, 2.05) is 0 Å². The van der Waals surface area contributed by atoms with Crippen LogP contribution in [0.15, 0.2) is 24.5 Å². The summed E-state index contributed by atoms with van der Waals surface area (Å²) in [5.74, 6) is 1.13. The third-order valence-electron chi connectivity index (χ3n) is 7.64. The Balaban J connectivity index is 1.46. The number of ether oxygens (including phenoxy) is 1. The van der Waals surface area contributed by atoms with Crippen LogP contribution in [0.5, 0.6) is 5.75 Å². The first kappa shape index (κ1) is 23.3. The molecule has 2 saturated carbocycles. The van der Waals surface area contributed by atoms with E-state index in [0.717, 1.165) is 43.4 Å². The van der Waals surface area contributed by atoms with Crippen molar-refractivity contribution in [2.45, 2.75) is 103 Å². The Bertz CT molecular complexity index is 668. The summed E-state index contributed by atoms with van der Waals surface area (Å²) in [6.07, 6.45) is 19.8. The van der Waals surface area contributed by atoms with E-state index in [1.54, 1.807) is 25.1 Å². The smallest absolute Gasteiger partial charge is 0.201 e. The van der Waals surface area contributed by atoms with Gasteiger partial charge in [-0.15, -0.1) is 0 Å². The second-order valence-electron chi connectivity index (χ2n) is 9.61. The summed E-state index contributed by atoms with van der Waals surface area (Å²) in [6, 6.07) is 3.30. The average molecular weight is 419 g/mol. The van der Waals surface area contributed by atoms with E-state index >= 15 is 0 Å². The lowest BCUT2D eigenvalue weighted by Crippen LogP contribution is -2.25. The van der Waals surface area contributed by atoms with Gasteiger partial charge in [0.25, 0.3) is 0 Å². The van der Waals surface area contributed by atoms with Crippen molar-refractivity contribution >= 4 is 0 Å². The Hall–Kier alpha value is -1.38. The standard InChI is InChI=1S/C27H40F2O/c1-3-5-6-7-8-20-9-11-21(12-10-20)22-13-15-23(16-14-22)24-17-18-25(30-19-4-2)27(29)26(24)28/h4,17-23H,3,5-16H2,1-2H3/b19-4-. The summed E-state index contributed by atoms with van der Waals surface area (Å²) in [4.78, 5) is 0. The van der Waals surface area contributed by atoms with E-state index in [2.05, 4.69) is 6.92 Å². The quantitative estimate of drug-likeness (QED) is 0.287. The minimum atomic E-state index is -0.856. The Labute approximate surface area is 182 Å². The molecule has 1 aromatic rings. The normalized spacial score (nSPS) is 27.5. The van der Waals surface area contributed by atoms with Crippen LogP contribution in [0, 0.1) is 29.4 Å². The molecule has 3 heteroatoms. The lowest BCUT2D eigenvalue weighted by molar-refractivity contribution is 0.155. The van der Waals surface area contributed by atoms with Crippen molar-refractivity contribution in [3.05, 3.63) is 41.7 Å². The Morgan fingerprint density at radius 3 is 2.17 bits per heavy atom. The van der Waals surface area contributed by atoms with E-state index in [4.69, 9.17) is 4.74 Å². The molecule has 0 spiro atoms. The summed E-state index contributed by atoms with van der Waals surface area (Å²) in [5, 5.41) is 0. The average Bonchev–Trinajstić information content (AvgIpc) is 2.78. The van der Waals surface area contributed by atoms with E-state index in [0.29, 0.717) is 5.56 Å². The van der Waals surface area contributed by atoms with Gasteiger partial charge in [0.05, 0.1) is 6.26 Å². The number of hydrogen-bond acceptors (Lipinski definition) is 1. The number of hydrogen-bond donors (Lipinski definition) is 0. The Kier molecular flexibility index (Phi) is 9.21. The molecule has 0 aromatic heterocycles. The first-order chi connectivity index (χ1) is 14.6. The molecule has 3 rings (SSSR count). The van der Waals surface area contributed by atoms with Gasteiger partial charge in [0.1, 0.15) is 0 Å². The zero-order valence-corrected chi connectivity index (χ0v) is 19.0. The molecule has 0 heterocycles. The van der Waals surface area contributed by atoms with E-state index in [-0.39, 0.29) is 11.7 Å². The fraction of sp³-hybridized carbons (Fsp3) is 0.704. The minimum Gasteiger partial charge on any atom is -0.462 e. The maximum Gasteiger partial charge on any atom is 0.201 e. The SMILES string of the molecule is C/C=C\Oc1ccc(C2CCC(C3CCC(CCCCCC)CC3)CC2)c(F)c1F. The molecular weight excluding hydrogens is 378 g/mol. The van der Waals surface area contributed by atoms with Crippen molar-refractivity contribution in [3.63, 3.8) is 0 Å². The molecule has 2 aliphatic rings. The summed E-state index contributed by atoms with van der Waals surface area (Å²) in [7, 11) is 0. The largest absolute Gasteiger partial charge is 0.462 e. The predicted octanol–water partition coefficient (Wildman–Crippen LogP) is 8.93. The van der Waals surface area contributed by atoms with Gasteiger partial charge in [-0.1, -0.05) is 64.0 Å². The van der Waals surface area contributed by atoms with Crippen LogP contribution in [0.4, 0.5) is 8.78 Å². The molecule has 1 nitrogen and oxygen atoms in total. The zero-order valence-electron chi connectivity index (χ0n) is 19.0. The second-order valence-corrected chi connectivity index (χ2v) is 9.61. The van der Waals surface area contributed by atoms with Gasteiger partial charge in [0.2, 0.25) is 5.82 Å². The fourth-order valence-corrected chi connectivity index (χ4v) is 5.80. The van der Waals surface area contributed by atoms with Gasteiger partial charge in [0, 0.05) is 0 Å². The second kappa shape index (κ2) is 11.9. The number of halogens is 2. The lowest BCUT2D eigenvalue weighted by atomic mass is 9.68. The van der Waals surface area contributed by atoms with E-state index in [9.17, 15) is 8.78 Å². The van der Waals surface area contributed by atoms with Crippen LogP contribution >= 0.6 is 0 Å². The van der Waals surface area contributed by atoms with Crippen molar-refractivity contribution in [1.29, 1.82) is 0 Å². The molecule has 0 aliphatic heterocycles. The highest BCUT2D eigenvalue weighted by Gasteiger charge is 2.32. The monoisotopic (exact) mass is 418 g/mol. The van der Waals surface area contributed by atoms with Crippen LogP contribution < -0.4 is 4.74 Å². The molecular formula is C27H40F2O. The van der Waals surface area contributed by atoms with Crippen molar-refractivity contribution in [3.8, 4) is 5.75 Å². The van der Waals surface area contributed by atoms with Crippen LogP contribution in [0.3, 0.4) is 0 Å². The third-order valence-corrected chi connectivity index (χ3v) is 7.64. The first-order valence-electron chi connectivity index (χ1n) is 12.4. The van der Waals surface area contributed by atoms with E-state index in [1.165, 1.54) is 64.0 Å². The number of unbranched alkanes of at least 4 members (excludes halogenated alkanes) is 3. The first-order valence-corrected chi connectivity index (χ1v) is 12.4. The van der Waals surface area contributed by atoms with Gasteiger partial charge in [-0.25, -0.2) is 4.39 Å². The number of allylic oxidation sites excluding steroid dienone is 1. The summed E-state index contributed by atoms with van der Waals surface area (Å²) in [6.45, 7) is 4.06. The molecule has 1 aromatic carbocycles. The molecule has 0 atom stereocenters. The molecule has 0 unspecified atom stereocenters. The maximum absolute atomic E-state index is 14.6. The number of benzene rings is 1. The van der Waals surface area contributed by atoms with Crippen LogP contribution in [-0.4, -0.2) is 0 Å². The Morgan fingerprint density at radius 2 is 1.53 bits per heavy atom. The fourth-order valence-electron chi connectivity index (χ4n) is 5.80. The molecule has 2 fully saturated rings. The third kappa shape index (κ3) is 6.08. The van der Waals surface area contributed by atoms with Crippen LogP contribution in [0.1, 0.15) is 109 Å². The summed E-state index contributed by atoms with van der Waals surface area (Å²) in [5.41, 5.74) is 0.537. The summed E-state index contributed by atoms with van der Waals surface area (Å²) < 4.78 is 34.1. The topological polar surface area (TPSA) is 9.23 Å². The summed E-state index contributed by atoms with van der Waals surface area (Å²) >= 11 is 0. The minimum absolute atomic E-state index is 0.0329. The molecule has 0 bridgehead atoms. The van der Waals surface area contributed by atoms with Crippen LogP contribution in [0.2, 0.25) is 0 Å². The Morgan fingerprint density at radius 1 is 0.867 bits per heavy atom. The van der Waals surface area contributed by atoms with Gasteiger partial charge < -0.3 is 4.74 Å². The van der Waals surface area contributed by atoms with Crippen molar-refractivity contribution < 1.29 is 13.5 Å². The molecule has 0 saturated heterocycles. The van der Waals surface area contributed by atoms with Gasteiger partial charge in [-0.3, -0.25) is 0 Å². The molecule has 0 radical (unpaired) electrons. The van der Waals surface area contributed by atoms with Gasteiger partial charge >= 0.3 is 0 Å². The highest BCUT2D eigenvalue weighted by Crippen LogP contribution is 2.45. The van der Waals surface area contributed by atoms with Crippen molar-refractivity contribution in [1.82, 2.24) is 0 Å². The highest BCUT2D eigenvalue weighted by molar-refractivity contribution is 5.33. The molecule has 168 valence electrons. The molecule has 30 heavy (non-hydrogen) atoms. The maximum atomic E-state index is 14.6. The lowest BCUT2D eigenvalue weighted by Gasteiger charge is -2.38. The van der Waals surface area contributed by atoms with E-state index < -0.39 is 11.6 Å². The highest BCUT2D eigenvalue weighted by atomic mass is 19.2. The zero-order chi connectivity index (χ0) is 21.3.